The number of anilines is 2. The molecule has 33 heavy (non-hydrogen) atoms. The third kappa shape index (κ3) is 4.69. The van der Waals surface area contributed by atoms with Crippen molar-refractivity contribution in [2.24, 2.45) is 7.05 Å². The van der Waals surface area contributed by atoms with Crippen molar-refractivity contribution < 1.29 is 13.2 Å². The lowest BCUT2D eigenvalue weighted by Crippen LogP contribution is -2.38. The number of nitrogens with zero attached hydrogens (tertiary/aromatic N) is 2. The Kier molecular flexibility index (Phi) is 6.35. The van der Waals surface area contributed by atoms with Gasteiger partial charge in [-0.1, -0.05) is 48.6 Å². The normalized spacial score (nSPS) is 11.5. The molecule has 0 aliphatic rings. The summed E-state index contributed by atoms with van der Waals surface area (Å²) in [6.45, 7) is 1.62. The average molecular weight is 482 g/mol. The molecule has 0 spiro atoms. The third-order valence-corrected chi connectivity index (χ3v) is 8.11. The molecule has 1 N–H and O–H groups in total. The number of hydrogen-bond acceptors (Lipinski definition) is 5. The van der Waals surface area contributed by atoms with Gasteiger partial charge in [-0.25, -0.2) is 8.42 Å². The number of sulfonamides is 1. The van der Waals surface area contributed by atoms with E-state index in [0.29, 0.717) is 11.4 Å². The van der Waals surface area contributed by atoms with Gasteiger partial charge in [0.05, 0.1) is 20.8 Å². The summed E-state index contributed by atoms with van der Waals surface area (Å²) in [7, 11) is -2.28. The summed E-state index contributed by atoms with van der Waals surface area (Å²) >= 11 is 1.09. The van der Waals surface area contributed by atoms with E-state index in [2.05, 4.69) is 5.32 Å². The number of carbonyl (C=O) groups is 1. The number of fused-ring (bicyclic) bond motifs is 1. The van der Waals surface area contributed by atoms with Gasteiger partial charge in [-0.05, 0) is 54.4 Å². The Hall–Kier alpha value is -3.43. The lowest BCUT2D eigenvalue weighted by Gasteiger charge is -2.24. The molecule has 0 aliphatic carbocycles. The highest BCUT2D eigenvalue weighted by molar-refractivity contribution is 7.92. The van der Waals surface area contributed by atoms with Gasteiger partial charge in [-0.2, -0.15) is 0 Å². The maximum Gasteiger partial charge on any atom is 0.307 e. The van der Waals surface area contributed by atoms with Crippen LogP contribution in [0.1, 0.15) is 12.5 Å². The molecule has 0 fully saturated rings. The van der Waals surface area contributed by atoms with Gasteiger partial charge in [0.15, 0.2) is 0 Å². The third-order valence-electron chi connectivity index (χ3n) is 5.33. The molecule has 0 saturated carbocycles. The maximum atomic E-state index is 13.4. The van der Waals surface area contributed by atoms with E-state index < -0.39 is 22.5 Å². The Morgan fingerprint density at radius 3 is 2.39 bits per heavy atom. The highest BCUT2D eigenvalue weighted by Gasteiger charge is 2.27. The van der Waals surface area contributed by atoms with E-state index in [0.717, 1.165) is 37.8 Å². The fraction of sp³-hybridized carbons (Fsp3) is 0.167. The van der Waals surface area contributed by atoms with Gasteiger partial charge in [0, 0.05) is 12.7 Å². The highest BCUT2D eigenvalue weighted by Crippen LogP contribution is 2.25. The van der Waals surface area contributed by atoms with Gasteiger partial charge < -0.3 is 9.88 Å². The number of hydrogen-bond donors (Lipinski definition) is 1. The summed E-state index contributed by atoms with van der Waals surface area (Å²) in [4.78, 5) is 24.8. The second kappa shape index (κ2) is 9.21. The van der Waals surface area contributed by atoms with Crippen molar-refractivity contribution in [1.29, 1.82) is 0 Å². The molecule has 1 heterocycles. The van der Waals surface area contributed by atoms with Crippen molar-refractivity contribution in [3.8, 4) is 0 Å². The van der Waals surface area contributed by atoms with Crippen LogP contribution in [0.25, 0.3) is 10.2 Å². The van der Waals surface area contributed by atoms with E-state index >= 15 is 0 Å². The minimum atomic E-state index is -3.97. The molecule has 9 heteroatoms. The number of aryl methyl sites for hydroxylation is 2. The first-order chi connectivity index (χ1) is 15.8. The molecule has 0 radical (unpaired) electrons. The van der Waals surface area contributed by atoms with Crippen LogP contribution in [-0.2, 0) is 28.3 Å². The number of thiazole rings is 1. The van der Waals surface area contributed by atoms with Gasteiger partial charge in [0.2, 0.25) is 5.91 Å². The van der Waals surface area contributed by atoms with Crippen LogP contribution < -0.4 is 14.5 Å². The standard InChI is InChI=1S/C24H23N3O4S2/c1-3-17-9-12-19(13-10-17)27(33(30,31)20-7-5-4-6-8-20)16-23(28)25-18-11-14-21-22(15-18)32-24(29)26(21)2/h4-15H,3,16H2,1-2H3,(H,25,28). The predicted molar refractivity (Wildman–Crippen MR) is 132 cm³/mol. The van der Waals surface area contributed by atoms with Gasteiger partial charge in [0.1, 0.15) is 6.54 Å². The van der Waals surface area contributed by atoms with E-state index in [1.165, 1.54) is 12.1 Å². The minimum Gasteiger partial charge on any atom is -0.324 e. The smallest absolute Gasteiger partial charge is 0.307 e. The molecule has 1 aromatic heterocycles. The first-order valence-electron chi connectivity index (χ1n) is 10.4. The van der Waals surface area contributed by atoms with Crippen molar-refractivity contribution >= 4 is 48.9 Å². The monoisotopic (exact) mass is 481 g/mol. The van der Waals surface area contributed by atoms with Crippen molar-refractivity contribution in [3.63, 3.8) is 0 Å². The molecule has 0 unspecified atom stereocenters. The second-order valence-electron chi connectivity index (χ2n) is 7.50. The molecule has 0 aliphatic heterocycles. The average Bonchev–Trinajstić information content (AvgIpc) is 3.10. The number of carbonyl (C=O) groups excluding carboxylic acids is 1. The van der Waals surface area contributed by atoms with Crippen LogP contribution in [0.3, 0.4) is 0 Å². The Balaban J connectivity index is 1.64. The number of benzene rings is 3. The van der Waals surface area contributed by atoms with Crippen LogP contribution in [0.5, 0.6) is 0 Å². The SMILES string of the molecule is CCc1ccc(N(CC(=O)Nc2ccc3c(c2)sc(=O)n3C)S(=O)(=O)c2ccccc2)cc1. The van der Waals surface area contributed by atoms with Crippen LogP contribution in [0.15, 0.2) is 82.5 Å². The van der Waals surface area contributed by atoms with Crippen LogP contribution in [0.2, 0.25) is 0 Å². The zero-order chi connectivity index (χ0) is 23.6. The number of amides is 1. The quantitative estimate of drug-likeness (QED) is 0.432. The predicted octanol–water partition coefficient (Wildman–Crippen LogP) is 4.00. The topological polar surface area (TPSA) is 88.5 Å². The van der Waals surface area contributed by atoms with Crippen LogP contribution in [0, 0.1) is 0 Å². The summed E-state index contributed by atoms with van der Waals surface area (Å²) in [6, 6.07) is 20.3. The van der Waals surface area contributed by atoms with E-state index in [1.807, 2.05) is 19.1 Å². The summed E-state index contributed by atoms with van der Waals surface area (Å²) < 4.78 is 30.2. The molecule has 0 atom stereocenters. The van der Waals surface area contributed by atoms with Crippen molar-refractivity contribution in [1.82, 2.24) is 4.57 Å². The second-order valence-corrected chi connectivity index (χ2v) is 10.4. The van der Waals surface area contributed by atoms with E-state index in [9.17, 15) is 18.0 Å². The molecule has 170 valence electrons. The van der Waals surface area contributed by atoms with Crippen molar-refractivity contribution in [2.75, 3.05) is 16.2 Å². The molecule has 4 rings (SSSR count). The Morgan fingerprint density at radius 2 is 1.73 bits per heavy atom. The van der Waals surface area contributed by atoms with Gasteiger partial charge in [-0.3, -0.25) is 13.9 Å². The summed E-state index contributed by atoms with van der Waals surface area (Å²) in [5, 5.41) is 2.76. The van der Waals surface area contributed by atoms with E-state index in [-0.39, 0.29) is 9.77 Å². The maximum absolute atomic E-state index is 13.4. The van der Waals surface area contributed by atoms with Gasteiger partial charge >= 0.3 is 4.87 Å². The fourth-order valence-corrected chi connectivity index (χ4v) is 5.84. The Morgan fingerprint density at radius 1 is 1.03 bits per heavy atom. The largest absolute Gasteiger partial charge is 0.324 e. The molecule has 1 amide bonds. The van der Waals surface area contributed by atoms with Gasteiger partial charge in [0.25, 0.3) is 10.0 Å². The minimum absolute atomic E-state index is 0.0934. The summed E-state index contributed by atoms with van der Waals surface area (Å²) in [6.07, 6.45) is 0.820. The lowest BCUT2D eigenvalue weighted by molar-refractivity contribution is -0.114. The highest BCUT2D eigenvalue weighted by atomic mass is 32.2. The molecule has 0 saturated heterocycles. The summed E-state index contributed by atoms with van der Waals surface area (Å²) in [5.74, 6) is -0.489. The first kappa shape index (κ1) is 22.8. The van der Waals surface area contributed by atoms with Gasteiger partial charge in [-0.15, -0.1) is 0 Å². The zero-order valence-electron chi connectivity index (χ0n) is 18.2. The number of rotatable bonds is 7. The fourth-order valence-electron chi connectivity index (χ4n) is 3.48. The zero-order valence-corrected chi connectivity index (χ0v) is 19.8. The molecule has 7 nitrogen and oxygen atoms in total. The molecule has 4 aromatic rings. The molecular formula is C24H23N3O4S2. The van der Waals surface area contributed by atoms with Crippen molar-refractivity contribution in [2.45, 2.75) is 18.2 Å². The first-order valence-corrected chi connectivity index (χ1v) is 12.6. The van der Waals surface area contributed by atoms with Crippen molar-refractivity contribution in [3.05, 3.63) is 88.0 Å². The molecule has 0 bridgehead atoms. The van der Waals surface area contributed by atoms with Crippen LogP contribution in [-0.4, -0.2) is 25.4 Å². The Bertz CT molecular complexity index is 1460. The number of nitrogens with one attached hydrogen (secondary N) is 1. The van der Waals surface area contributed by atoms with E-state index in [1.54, 1.807) is 60.1 Å². The molecular weight excluding hydrogens is 458 g/mol. The van der Waals surface area contributed by atoms with Crippen LogP contribution >= 0.6 is 11.3 Å². The lowest BCUT2D eigenvalue weighted by atomic mass is 10.1. The molecule has 3 aromatic carbocycles. The Labute approximate surface area is 196 Å². The van der Waals surface area contributed by atoms with E-state index in [4.69, 9.17) is 0 Å². The summed E-state index contributed by atoms with van der Waals surface area (Å²) in [5.41, 5.74) is 2.73. The number of aromatic nitrogens is 1. The van der Waals surface area contributed by atoms with Crippen LogP contribution in [0.4, 0.5) is 11.4 Å².